The van der Waals surface area contributed by atoms with E-state index in [0.717, 1.165) is 3.57 Å². The van der Waals surface area contributed by atoms with Gasteiger partial charge in [0.25, 0.3) is 0 Å². The minimum Gasteiger partial charge on any atom is -0.463 e. The Morgan fingerprint density at radius 3 is 2.28 bits per heavy atom. The van der Waals surface area contributed by atoms with E-state index in [4.69, 9.17) is 18.9 Å². The smallest absolute Gasteiger partial charge is 0.303 e. The molecule has 0 N–H and O–H groups in total. The summed E-state index contributed by atoms with van der Waals surface area (Å²) in [5.41, 5.74) is 0. The largest absolute Gasteiger partial charge is 0.463 e. The van der Waals surface area contributed by atoms with E-state index >= 15 is 0 Å². The highest BCUT2D eigenvalue weighted by Crippen LogP contribution is 2.34. The number of carbonyl (C=O) groups is 2. The molecule has 0 saturated carbocycles. The zero-order valence-electron chi connectivity index (χ0n) is 14.7. The van der Waals surface area contributed by atoms with E-state index in [-0.39, 0.29) is 36.5 Å². The lowest BCUT2D eigenvalue weighted by molar-refractivity contribution is -0.253. The molecule has 0 aromatic heterocycles. The molecule has 0 amide bonds. The number of rotatable bonds is 5. The molecule has 2 rings (SSSR count). The van der Waals surface area contributed by atoms with E-state index in [2.05, 4.69) is 22.6 Å². The standard InChI is InChI=1S/C18H23IO6/c1-10-11(2)17(23-13(4)21)18(25-16(10)9-22-12(3)20)24-15-7-5-14(19)6-8-15/h5-8,10-11,16-18H,9H2,1-4H3/t10-,11-,16?,17?,18-/m0/s1. The van der Waals surface area contributed by atoms with Crippen LogP contribution < -0.4 is 4.74 Å². The highest BCUT2D eigenvalue weighted by atomic mass is 127. The lowest BCUT2D eigenvalue weighted by Crippen LogP contribution is -2.54. The Morgan fingerprint density at radius 1 is 1.08 bits per heavy atom. The van der Waals surface area contributed by atoms with Gasteiger partial charge in [-0.1, -0.05) is 13.8 Å². The van der Waals surface area contributed by atoms with Crippen molar-refractivity contribution in [2.45, 2.75) is 46.2 Å². The van der Waals surface area contributed by atoms with Gasteiger partial charge in [-0.05, 0) is 52.8 Å². The first-order valence-corrected chi connectivity index (χ1v) is 9.24. The first-order chi connectivity index (χ1) is 11.8. The van der Waals surface area contributed by atoms with Crippen molar-refractivity contribution in [1.29, 1.82) is 0 Å². The van der Waals surface area contributed by atoms with Gasteiger partial charge >= 0.3 is 11.9 Å². The number of carbonyl (C=O) groups excluding carboxylic acids is 2. The summed E-state index contributed by atoms with van der Waals surface area (Å²) in [6, 6.07) is 7.50. The Balaban J connectivity index is 2.17. The van der Waals surface area contributed by atoms with Crippen LogP contribution in [-0.2, 0) is 23.8 Å². The number of ether oxygens (including phenoxy) is 4. The van der Waals surface area contributed by atoms with Crippen LogP contribution in [0.2, 0.25) is 0 Å². The van der Waals surface area contributed by atoms with Crippen LogP contribution in [0.4, 0.5) is 0 Å². The highest BCUT2D eigenvalue weighted by molar-refractivity contribution is 14.1. The van der Waals surface area contributed by atoms with Crippen LogP contribution in [0, 0.1) is 15.4 Å². The monoisotopic (exact) mass is 462 g/mol. The van der Waals surface area contributed by atoms with Crippen LogP contribution in [0.1, 0.15) is 27.7 Å². The molecule has 7 heteroatoms. The second-order valence-corrected chi connectivity index (χ2v) is 7.46. The summed E-state index contributed by atoms with van der Waals surface area (Å²) in [5.74, 6) is -0.120. The number of hydrogen-bond acceptors (Lipinski definition) is 6. The molecule has 0 radical (unpaired) electrons. The van der Waals surface area contributed by atoms with Gasteiger partial charge in [0, 0.05) is 23.3 Å². The summed E-state index contributed by atoms with van der Waals surface area (Å²) in [5, 5.41) is 0. The first-order valence-electron chi connectivity index (χ1n) is 8.16. The van der Waals surface area contributed by atoms with Crippen LogP contribution in [0.15, 0.2) is 24.3 Å². The van der Waals surface area contributed by atoms with Crippen LogP contribution in [-0.4, -0.2) is 37.0 Å². The van der Waals surface area contributed by atoms with Crippen molar-refractivity contribution in [3.8, 4) is 5.75 Å². The van der Waals surface area contributed by atoms with Crippen molar-refractivity contribution < 1.29 is 28.5 Å². The van der Waals surface area contributed by atoms with Crippen LogP contribution >= 0.6 is 22.6 Å². The van der Waals surface area contributed by atoms with E-state index in [0.29, 0.717) is 5.75 Å². The topological polar surface area (TPSA) is 71.1 Å². The average Bonchev–Trinajstić information content (AvgIpc) is 2.54. The lowest BCUT2D eigenvalue weighted by atomic mass is 9.83. The van der Waals surface area contributed by atoms with Crippen molar-refractivity contribution in [3.63, 3.8) is 0 Å². The molecule has 1 fully saturated rings. The van der Waals surface area contributed by atoms with Crippen molar-refractivity contribution in [3.05, 3.63) is 27.8 Å². The van der Waals surface area contributed by atoms with Crippen molar-refractivity contribution in [2.24, 2.45) is 11.8 Å². The third-order valence-corrected chi connectivity index (χ3v) is 5.05. The van der Waals surface area contributed by atoms with Gasteiger partial charge in [0.2, 0.25) is 6.29 Å². The van der Waals surface area contributed by atoms with E-state index < -0.39 is 12.4 Å². The summed E-state index contributed by atoms with van der Waals surface area (Å²) in [6.45, 7) is 6.82. The molecule has 1 saturated heterocycles. The van der Waals surface area contributed by atoms with Gasteiger partial charge in [-0.25, -0.2) is 0 Å². The third-order valence-electron chi connectivity index (χ3n) is 4.33. The first kappa shape index (κ1) is 20.0. The Bertz CT molecular complexity index is 600. The molecule has 2 unspecified atom stereocenters. The van der Waals surface area contributed by atoms with Crippen molar-refractivity contribution >= 4 is 34.5 Å². The molecule has 138 valence electrons. The second kappa shape index (κ2) is 8.84. The van der Waals surface area contributed by atoms with Gasteiger partial charge in [0.15, 0.2) is 6.10 Å². The molecule has 6 nitrogen and oxygen atoms in total. The molecule has 1 aliphatic rings. The Morgan fingerprint density at radius 2 is 1.72 bits per heavy atom. The molecular formula is C18H23IO6. The Hall–Kier alpha value is -1.35. The molecule has 1 aliphatic heterocycles. The molecule has 0 spiro atoms. The fraction of sp³-hybridized carbons (Fsp3) is 0.556. The van der Waals surface area contributed by atoms with Gasteiger partial charge in [-0.3, -0.25) is 9.59 Å². The second-order valence-electron chi connectivity index (χ2n) is 6.21. The molecule has 5 atom stereocenters. The summed E-state index contributed by atoms with van der Waals surface area (Å²) < 4.78 is 23.6. The summed E-state index contributed by atoms with van der Waals surface area (Å²) in [7, 11) is 0. The van der Waals surface area contributed by atoms with Gasteiger partial charge in [-0.15, -0.1) is 0 Å². The number of benzene rings is 1. The van der Waals surface area contributed by atoms with Gasteiger partial charge in [-0.2, -0.15) is 0 Å². The molecule has 1 aromatic carbocycles. The van der Waals surface area contributed by atoms with E-state index in [1.165, 1.54) is 13.8 Å². The highest BCUT2D eigenvalue weighted by Gasteiger charge is 2.45. The lowest BCUT2D eigenvalue weighted by Gasteiger charge is -2.43. The molecule has 0 bridgehead atoms. The van der Waals surface area contributed by atoms with Crippen LogP contribution in [0.25, 0.3) is 0 Å². The quantitative estimate of drug-likeness (QED) is 0.495. The van der Waals surface area contributed by atoms with Gasteiger partial charge < -0.3 is 18.9 Å². The molecule has 1 aromatic rings. The zero-order valence-corrected chi connectivity index (χ0v) is 16.9. The fourth-order valence-corrected chi connectivity index (χ4v) is 3.11. The van der Waals surface area contributed by atoms with E-state index in [1.54, 1.807) is 0 Å². The molecule has 0 aliphatic carbocycles. The van der Waals surface area contributed by atoms with Gasteiger partial charge in [0.05, 0.1) is 6.10 Å². The summed E-state index contributed by atoms with van der Waals surface area (Å²) in [6.07, 6.45) is -1.64. The van der Waals surface area contributed by atoms with E-state index in [1.807, 2.05) is 38.1 Å². The Labute approximate surface area is 161 Å². The maximum absolute atomic E-state index is 11.5. The zero-order chi connectivity index (χ0) is 18.6. The van der Waals surface area contributed by atoms with Crippen molar-refractivity contribution in [1.82, 2.24) is 0 Å². The summed E-state index contributed by atoms with van der Waals surface area (Å²) in [4.78, 5) is 22.6. The minimum absolute atomic E-state index is 0.0212. The van der Waals surface area contributed by atoms with E-state index in [9.17, 15) is 9.59 Å². The Kier molecular flexibility index (Phi) is 7.06. The van der Waals surface area contributed by atoms with Gasteiger partial charge in [0.1, 0.15) is 12.4 Å². The maximum Gasteiger partial charge on any atom is 0.303 e. The van der Waals surface area contributed by atoms with Crippen molar-refractivity contribution in [2.75, 3.05) is 6.61 Å². The molecule has 25 heavy (non-hydrogen) atoms. The maximum atomic E-state index is 11.5. The average molecular weight is 462 g/mol. The number of esters is 2. The SMILES string of the molecule is CC(=O)OCC1O[C@H](Oc2ccc(I)cc2)C(OC(C)=O)[C@@H](C)[C@@H]1C. The number of halogens is 1. The fourth-order valence-electron chi connectivity index (χ4n) is 2.75. The predicted molar refractivity (Wildman–Crippen MR) is 99.0 cm³/mol. The minimum atomic E-state index is -0.768. The predicted octanol–water partition coefficient (Wildman–Crippen LogP) is 3.16. The number of hydrogen-bond donors (Lipinski definition) is 0. The van der Waals surface area contributed by atoms with Crippen LogP contribution in [0.5, 0.6) is 5.75 Å². The van der Waals surface area contributed by atoms with Crippen LogP contribution in [0.3, 0.4) is 0 Å². The summed E-state index contributed by atoms with van der Waals surface area (Å²) >= 11 is 2.21. The normalized spacial score (nSPS) is 28.9. The molecule has 1 heterocycles. The third kappa shape index (κ3) is 5.57. The molecular weight excluding hydrogens is 439 g/mol.